The number of halogens is 3. The van der Waals surface area contributed by atoms with Crippen LogP contribution in [0.2, 0.25) is 10.0 Å². The number of hydrogen-bond donors (Lipinski definition) is 1. The number of piperazine rings is 1. The van der Waals surface area contributed by atoms with E-state index in [1.54, 1.807) is 23.1 Å². The first-order valence-electron chi connectivity index (χ1n) is 14.1. The van der Waals surface area contributed by atoms with Gasteiger partial charge in [0, 0.05) is 67.8 Å². The summed E-state index contributed by atoms with van der Waals surface area (Å²) in [6.45, 7) is 9.04. The molecule has 0 radical (unpaired) electrons. The molecule has 2 fully saturated rings. The molecular weight excluding hydrogens is 554 g/mol. The lowest BCUT2D eigenvalue weighted by atomic mass is 9.94. The number of benzene rings is 2. The van der Waals surface area contributed by atoms with E-state index in [4.69, 9.17) is 23.2 Å². The second-order valence-corrected chi connectivity index (χ2v) is 11.9. The molecule has 2 amide bonds. The first kappa shape index (κ1) is 30.6. The Balaban J connectivity index is 1.53. The minimum atomic E-state index is -0.635. The Labute approximate surface area is 246 Å². The van der Waals surface area contributed by atoms with Crippen LogP contribution < -0.4 is 4.90 Å². The van der Waals surface area contributed by atoms with Crippen molar-refractivity contribution in [3.05, 3.63) is 63.4 Å². The van der Waals surface area contributed by atoms with Gasteiger partial charge in [0.25, 0.3) is 0 Å². The summed E-state index contributed by atoms with van der Waals surface area (Å²) in [5.74, 6) is -0.148. The van der Waals surface area contributed by atoms with Gasteiger partial charge in [0.2, 0.25) is 11.8 Å². The van der Waals surface area contributed by atoms with E-state index < -0.39 is 6.04 Å². The summed E-state index contributed by atoms with van der Waals surface area (Å²) < 4.78 is 14.4. The predicted octanol–water partition coefficient (Wildman–Crippen LogP) is 5.81. The van der Waals surface area contributed by atoms with E-state index in [9.17, 15) is 19.2 Å². The maximum atomic E-state index is 14.4. The topological polar surface area (TPSA) is 67.3 Å². The zero-order chi connectivity index (χ0) is 29.0. The average molecular weight is 594 g/mol. The van der Waals surface area contributed by atoms with Crippen molar-refractivity contribution in [2.75, 3.05) is 44.2 Å². The molecule has 4 rings (SSSR count). The van der Waals surface area contributed by atoms with Crippen LogP contribution in [0.5, 0.6) is 0 Å². The number of carbonyl (C=O) groups is 2. The lowest BCUT2D eigenvalue weighted by molar-refractivity contribution is -0.143. The molecule has 7 nitrogen and oxygen atoms in total. The Morgan fingerprint density at radius 2 is 1.80 bits per heavy atom. The Morgan fingerprint density at radius 1 is 1.07 bits per heavy atom. The van der Waals surface area contributed by atoms with Crippen LogP contribution in [0.25, 0.3) is 0 Å². The van der Waals surface area contributed by atoms with Crippen molar-refractivity contribution in [1.82, 2.24) is 14.9 Å². The van der Waals surface area contributed by atoms with Gasteiger partial charge in [0.05, 0.1) is 6.04 Å². The van der Waals surface area contributed by atoms with Crippen LogP contribution in [-0.4, -0.2) is 77.2 Å². The van der Waals surface area contributed by atoms with Gasteiger partial charge < -0.3 is 19.9 Å². The third-order valence-electron chi connectivity index (χ3n) is 7.86. The second-order valence-electron chi connectivity index (χ2n) is 11.1. The highest BCUT2D eigenvalue weighted by molar-refractivity contribution is 6.35. The summed E-state index contributed by atoms with van der Waals surface area (Å²) in [5, 5.41) is 13.0. The first-order valence-corrected chi connectivity index (χ1v) is 14.9. The zero-order valence-corrected chi connectivity index (χ0v) is 25.0. The van der Waals surface area contributed by atoms with E-state index >= 15 is 0 Å². The zero-order valence-electron chi connectivity index (χ0n) is 23.5. The maximum absolute atomic E-state index is 14.4. The number of likely N-dealkylation sites (tertiary alicyclic amines) is 1. The van der Waals surface area contributed by atoms with Gasteiger partial charge in [-0.1, -0.05) is 50.0 Å². The number of amides is 2. The third kappa shape index (κ3) is 7.08. The monoisotopic (exact) mass is 592 g/mol. The summed E-state index contributed by atoms with van der Waals surface area (Å²) in [5.41, 5.74) is 2.39. The van der Waals surface area contributed by atoms with Crippen LogP contribution in [0, 0.1) is 11.7 Å². The van der Waals surface area contributed by atoms with E-state index in [1.807, 2.05) is 17.9 Å². The van der Waals surface area contributed by atoms with Gasteiger partial charge in [-0.15, -0.1) is 0 Å². The van der Waals surface area contributed by atoms with Gasteiger partial charge in [0.1, 0.15) is 11.9 Å². The van der Waals surface area contributed by atoms with Gasteiger partial charge in [-0.3, -0.25) is 9.59 Å². The van der Waals surface area contributed by atoms with E-state index in [0.717, 1.165) is 23.2 Å². The molecule has 0 aromatic heterocycles. The van der Waals surface area contributed by atoms with Crippen LogP contribution in [0.4, 0.5) is 10.1 Å². The molecule has 2 saturated heterocycles. The molecule has 1 N–H and O–H groups in total. The highest BCUT2D eigenvalue weighted by atomic mass is 35.5. The largest absolute Gasteiger partial charge is 0.368 e. The number of carbonyl (C=O) groups excluding carboxylic acids is 2. The minimum absolute atomic E-state index is 0.0151. The lowest BCUT2D eigenvalue weighted by Crippen LogP contribution is -2.56. The van der Waals surface area contributed by atoms with Gasteiger partial charge in [0.15, 0.2) is 0 Å². The van der Waals surface area contributed by atoms with E-state index in [2.05, 4.69) is 18.7 Å². The standard InChI is InChI=1S/C30H39Cl2FN4O3/c1-4-37(40)27(16-20(2)3)24-19-23(33)9-10-26(24)34-12-14-35(15-13-34)30(39)28(36-11-5-6-29(36)38)17-21-7-8-22(31)18-25(21)32/h7-10,18-20,27-28,40H,4-6,11-17H2,1-3H3. The van der Waals surface area contributed by atoms with Gasteiger partial charge in [-0.05, 0) is 60.2 Å². The normalized spacial score (nSPS) is 17.7. The van der Waals surface area contributed by atoms with Crippen molar-refractivity contribution in [2.45, 2.75) is 58.5 Å². The second kappa shape index (κ2) is 13.5. The highest BCUT2D eigenvalue weighted by Gasteiger charge is 2.37. The Morgan fingerprint density at radius 3 is 2.40 bits per heavy atom. The third-order valence-corrected chi connectivity index (χ3v) is 8.45. The summed E-state index contributed by atoms with van der Waals surface area (Å²) in [6, 6.07) is 8.97. The van der Waals surface area contributed by atoms with Crippen molar-refractivity contribution in [3.63, 3.8) is 0 Å². The Hall–Kier alpha value is -2.39. The average Bonchev–Trinajstić information content (AvgIpc) is 3.36. The SMILES string of the molecule is CCN(O)C(CC(C)C)c1cc(F)ccc1N1CCN(C(=O)C(Cc2ccc(Cl)cc2Cl)N2CCCC2=O)CC1. The van der Waals surface area contributed by atoms with E-state index in [1.165, 1.54) is 17.2 Å². The van der Waals surface area contributed by atoms with Crippen LogP contribution in [0.3, 0.4) is 0 Å². The van der Waals surface area contributed by atoms with E-state index in [-0.39, 0.29) is 23.7 Å². The molecule has 0 spiro atoms. The van der Waals surface area contributed by atoms with Gasteiger partial charge >= 0.3 is 0 Å². The summed E-state index contributed by atoms with van der Waals surface area (Å²) in [6.07, 6.45) is 2.17. The fraction of sp³-hybridized carbons (Fsp3) is 0.533. The molecule has 0 bridgehead atoms. The quantitative estimate of drug-likeness (QED) is 0.352. The van der Waals surface area contributed by atoms with Crippen LogP contribution in [0.15, 0.2) is 36.4 Å². The van der Waals surface area contributed by atoms with Crippen LogP contribution in [-0.2, 0) is 16.0 Å². The van der Waals surface area contributed by atoms with Gasteiger partial charge in [-0.25, -0.2) is 4.39 Å². The number of rotatable bonds is 10. The molecule has 218 valence electrons. The molecule has 0 aliphatic carbocycles. The molecule has 40 heavy (non-hydrogen) atoms. The Bertz CT molecular complexity index is 1210. The van der Waals surface area contributed by atoms with Crippen molar-refractivity contribution in [1.29, 1.82) is 0 Å². The van der Waals surface area contributed by atoms with E-state index in [0.29, 0.717) is 74.5 Å². The summed E-state index contributed by atoms with van der Waals surface area (Å²) in [7, 11) is 0. The first-order chi connectivity index (χ1) is 19.1. The number of nitrogens with zero attached hydrogens (tertiary/aromatic N) is 4. The summed E-state index contributed by atoms with van der Waals surface area (Å²) >= 11 is 12.5. The van der Waals surface area contributed by atoms with Crippen molar-refractivity contribution >= 4 is 40.7 Å². The number of hydrogen-bond acceptors (Lipinski definition) is 5. The van der Waals surface area contributed by atoms with Crippen LogP contribution >= 0.6 is 23.2 Å². The lowest BCUT2D eigenvalue weighted by Gasteiger charge is -2.40. The molecule has 10 heteroatoms. The van der Waals surface area contributed by atoms with Crippen molar-refractivity contribution in [3.8, 4) is 0 Å². The molecule has 2 aliphatic rings. The molecule has 2 unspecified atom stereocenters. The molecule has 0 saturated carbocycles. The highest BCUT2D eigenvalue weighted by Crippen LogP contribution is 2.35. The summed E-state index contributed by atoms with van der Waals surface area (Å²) in [4.78, 5) is 32.2. The molecule has 2 aromatic rings. The Kier molecular flexibility index (Phi) is 10.3. The molecule has 2 aromatic carbocycles. The van der Waals surface area contributed by atoms with Gasteiger partial charge in [-0.2, -0.15) is 5.06 Å². The maximum Gasteiger partial charge on any atom is 0.245 e. The molecule has 2 atom stereocenters. The van der Waals surface area contributed by atoms with Crippen LogP contribution in [0.1, 0.15) is 57.2 Å². The minimum Gasteiger partial charge on any atom is -0.368 e. The molecule has 2 aliphatic heterocycles. The number of hydroxylamine groups is 2. The van der Waals surface area contributed by atoms with Crippen molar-refractivity contribution < 1.29 is 19.2 Å². The fourth-order valence-electron chi connectivity index (χ4n) is 5.76. The smallest absolute Gasteiger partial charge is 0.245 e. The molecule has 2 heterocycles. The fourth-order valence-corrected chi connectivity index (χ4v) is 6.25. The van der Waals surface area contributed by atoms with Crippen molar-refractivity contribution in [2.24, 2.45) is 5.92 Å². The predicted molar refractivity (Wildman–Crippen MR) is 156 cm³/mol. The molecular formula is C30H39Cl2FN4O3. The number of anilines is 1.